The molecule has 0 spiro atoms. The molecule has 2 aliphatic heterocycles. The number of carbonyl (C=O) groups excluding carboxylic acids is 5. The van der Waals surface area contributed by atoms with Crippen LogP contribution in [0, 0.1) is 0 Å². The number of hydrogen-bond donors (Lipinski definition) is 3. The summed E-state index contributed by atoms with van der Waals surface area (Å²) in [6, 6.07) is 44.1. The van der Waals surface area contributed by atoms with Gasteiger partial charge in [0.1, 0.15) is 17.1 Å². The molecule has 0 aromatic heterocycles. The fourth-order valence-corrected chi connectivity index (χ4v) is 9.41. The van der Waals surface area contributed by atoms with Crippen LogP contribution in [0.2, 0.25) is 0 Å². The van der Waals surface area contributed by atoms with Gasteiger partial charge in [-0.15, -0.1) is 11.8 Å². The number of nitrogens with zero attached hydrogens (tertiary/aromatic N) is 1. The summed E-state index contributed by atoms with van der Waals surface area (Å²) in [6.45, 7) is 0. The monoisotopic (exact) mass is 834 g/mol. The quantitative estimate of drug-likeness (QED) is 0.0623. The van der Waals surface area contributed by atoms with Crippen LogP contribution in [-0.4, -0.2) is 57.5 Å². The Bertz CT molecular complexity index is 2270. The molecule has 4 amide bonds. The highest BCUT2D eigenvalue weighted by atomic mass is 32.2. The Labute approximate surface area is 358 Å². The zero-order valence-corrected chi connectivity index (χ0v) is 34.1. The molecule has 3 aliphatic rings. The van der Waals surface area contributed by atoms with Gasteiger partial charge in [-0.3, -0.25) is 19.3 Å². The highest BCUT2D eigenvalue weighted by Crippen LogP contribution is 2.42. The molecule has 11 nitrogen and oxygen atoms in total. The van der Waals surface area contributed by atoms with Crippen LogP contribution in [0.15, 0.2) is 163 Å². The van der Waals surface area contributed by atoms with Gasteiger partial charge in [-0.25, -0.2) is 9.59 Å². The van der Waals surface area contributed by atoms with Gasteiger partial charge in [-0.05, 0) is 46.7 Å². The number of thioether (sulfide) groups is 1. The third-order valence-electron chi connectivity index (χ3n) is 11.1. The molecule has 4 atom stereocenters. The van der Waals surface area contributed by atoms with E-state index in [0.29, 0.717) is 5.56 Å². The highest BCUT2D eigenvalue weighted by Gasteiger charge is 2.56. The van der Waals surface area contributed by atoms with E-state index < -0.39 is 64.7 Å². The van der Waals surface area contributed by atoms with Crippen molar-refractivity contribution in [1.82, 2.24) is 20.9 Å². The Morgan fingerprint density at radius 1 is 0.574 bits per heavy atom. The van der Waals surface area contributed by atoms with Crippen LogP contribution < -0.4 is 16.0 Å². The van der Waals surface area contributed by atoms with Crippen molar-refractivity contribution >= 4 is 41.5 Å². The van der Waals surface area contributed by atoms with Crippen molar-refractivity contribution in [3.8, 4) is 0 Å². The molecule has 2 heterocycles. The number of ether oxygens (including phenoxy) is 2. The largest absolute Gasteiger partial charge is 0.452 e. The highest BCUT2D eigenvalue weighted by molar-refractivity contribution is 8.00. The number of nitrogens with one attached hydrogen (secondary N) is 3. The van der Waals surface area contributed by atoms with Crippen LogP contribution in [0.4, 0.5) is 4.79 Å². The standard InChI is InChI=1S/C49H46N4O7S/c54-44(40(32-19-7-1-8-20-32)48(57)60-43(35-25-13-4-14-26-35)36-27-15-5-16-28-36)52-41-45(55)53-38(31-39(61-46(41)53)51-49(58)50-37-29-17-6-18-30-37)47(56)59-42(33-21-9-2-10-22-33)34-23-11-3-12-24-34/h1-5,7-16,19-28,31,37,39-43,46H,6,17-18,29-30H2,(H,52,54)(H2,50,51,58)/t39?,40?,41?,46-/m1/s1. The first-order valence-corrected chi connectivity index (χ1v) is 21.5. The topological polar surface area (TPSA) is 143 Å². The summed E-state index contributed by atoms with van der Waals surface area (Å²) < 4.78 is 12.4. The predicted octanol–water partition coefficient (Wildman–Crippen LogP) is 7.68. The van der Waals surface area contributed by atoms with E-state index in [1.54, 1.807) is 30.3 Å². The van der Waals surface area contributed by atoms with Crippen LogP contribution in [0.3, 0.4) is 0 Å². The Kier molecular flexibility index (Phi) is 12.9. The molecule has 310 valence electrons. The first kappa shape index (κ1) is 41.1. The van der Waals surface area contributed by atoms with E-state index >= 15 is 0 Å². The van der Waals surface area contributed by atoms with Crippen LogP contribution in [0.5, 0.6) is 0 Å². The summed E-state index contributed by atoms with van der Waals surface area (Å²) in [6.07, 6.45) is 4.84. The molecule has 0 bridgehead atoms. The maximum absolute atomic E-state index is 14.4. The number of amides is 4. The summed E-state index contributed by atoms with van der Waals surface area (Å²) in [5.41, 5.74) is 3.21. The van der Waals surface area contributed by atoms with Gasteiger partial charge in [0.25, 0.3) is 5.91 Å². The molecule has 0 radical (unpaired) electrons. The number of fused-ring (bicyclic) bond motifs is 1. The Morgan fingerprint density at radius 3 is 1.52 bits per heavy atom. The SMILES string of the molecule is O=C(NC1CCCCC1)NC1C=C(C(=O)OC(c2ccccc2)c2ccccc2)N2C(=O)C(NC(=O)C(C(=O)OC(c3ccccc3)c3ccccc3)c3ccccc3)[C@H]2S1. The minimum Gasteiger partial charge on any atom is -0.452 e. The molecule has 8 rings (SSSR count). The van der Waals surface area contributed by atoms with Crippen molar-refractivity contribution in [3.63, 3.8) is 0 Å². The van der Waals surface area contributed by atoms with E-state index in [1.165, 1.54) is 22.7 Å². The van der Waals surface area contributed by atoms with Gasteiger partial charge >= 0.3 is 18.0 Å². The molecule has 61 heavy (non-hydrogen) atoms. The third kappa shape index (κ3) is 9.55. The molecular weight excluding hydrogens is 789 g/mol. The van der Waals surface area contributed by atoms with Gasteiger partial charge in [0.2, 0.25) is 5.91 Å². The molecule has 1 saturated carbocycles. The number of carbonyl (C=O) groups is 5. The Morgan fingerprint density at radius 2 is 1.03 bits per heavy atom. The molecule has 5 aromatic carbocycles. The Balaban J connectivity index is 1.06. The van der Waals surface area contributed by atoms with Crippen LogP contribution in [0.1, 0.15) is 78.0 Å². The predicted molar refractivity (Wildman–Crippen MR) is 231 cm³/mol. The second-order valence-electron chi connectivity index (χ2n) is 15.2. The lowest BCUT2D eigenvalue weighted by Gasteiger charge is -2.50. The van der Waals surface area contributed by atoms with E-state index in [9.17, 15) is 24.0 Å². The number of esters is 2. The molecule has 1 saturated heterocycles. The van der Waals surface area contributed by atoms with Crippen molar-refractivity contribution in [1.29, 1.82) is 0 Å². The average Bonchev–Trinajstić information content (AvgIpc) is 3.30. The zero-order valence-electron chi connectivity index (χ0n) is 33.3. The molecule has 1 aliphatic carbocycles. The normalized spacial score (nSPS) is 19.1. The van der Waals surface area contributed by atoms with Crippen molar-refractivity contribution in [3.05, 3.63) is 191 Å². The van der Waals surface area contributed by atoms with E-state index in [4.69, 9.17) is 9.47 Å². The van der Waals surface area contributed by atoms with Crippen LogP contribution in [-0.2, 0) is 28.7 Å². The minimum absolute atomic E-state index is 0.0279. The average molecular weight is 835 g/mol. The number of rotatable bonds is 13. The van der Waals surface area contributed by atoms with E-state index in [-0.39, 0.29) is 11.7 Å². The number of hydrogen-bond acceptors (Lipinski definition) is 8. The van der Waals surface area contributed by atoms with Gasteiger partial charge in [0.05, 0.1) is 5.37 Å². The summed E-state index contributed by atoms with van der Waals surface area (Å²) in [5, 5.41) is 7.24. The van der Waals surface area contributed by atoms with E-state index in [0.717, 1.165) is 54.4 Å². The molecule has 2 fully saturated rings. The summed E-state index contributed by atoms with van der Waals surface area (Å²) in [5.74, 6) is -4.35. The number of benzene rings is 5. The summed E-state index contributed by atoms with van der Waals surface area (Å²) in [4.78, 5) is 71.9. The zero-order chi connectivity index (χ0) is 42.1. The van der Waals surface area contributed by atoms with Crippen molar-refractivity contribution in [2.24, 2.45) is 0 Å². The number of urea groups is 1. The fraction of sp³-hybridized carbons (Fsp3) is 0.245. The third-order valence-corrected chi connectivity index (χ3v) is 12.4. The van der Waals surface area contributed by atoms with Gasteiger partial charge in [0.15, 0.2) is 18.1 Å². The maximum Gasteiger partial charge on any atom is 0.355 e. The van der Waals surface area contributed by atoms with Crippen molar-refractivity contribution in [2.75, 3.05) is 0 Å². The van der Waals surface area contributed by atoms with Crippen molar-refractivity contribution < 1.29 is 33.4 Å². The van der Waals surface area contributed by atoms with E-state index in [1.807, 2.05) is 121 Å². The minimum atomic E-state index is -1.45. The molecule has 5 aromatic rings. The van der Waals surface area contributed by atoms with Crippen molar-refractivity contribution in [2.45, 2.75) is 73.1 Å². The summed E-state index contributed by atoms with van der Waals surface area (Å²) in [7, 11) is 0. The number of β-lactam (4-membered cyclic amide) rings is 1. The van der Waals surface area contributed by atoms with Crippen LogP contribution in [0.25, 0.3) is 0 Å². The van der Waals surface area contributed by atoms with E-state index in [2.05, 4.69) is 16.0 Å². The maximum atomic E-state index is 14.4. The van der Waals surface area contributed by atoms with Crippen LogP contribution >= 0.6 is 11.8 Å². The molecule has 12 heteroatoms. The Hall–Kier alpha value is -6.66. The molecule has 3 unspecified atom stereocenters. The van der Waals surface area contributed by atoms with Gasteiger partial charge in [-0.1, -0.05) is 171 Å². The first-order chi connectivity index (χ1) is 29.8. The molecule has 3 N–H and O–H groups in total. The second kappa shape index (κ2) is 19.2. The fourth-order valence-electron chi connectivity index (χ4n) is 8.05. The summed E-state index contributed by atoms with van der Waals surface area (Å²) >= 11 is 1.20. The lowest BCUT2D eigenvalue weighted by atomic mass is 9.95. The lowest BCUT2D eigenvalue weighted by molar-refractivity contribution is -0.156. The second-order valence-corrected chi connectivity index (χ2v) is 16.5. The smallest absolute Gasteiger partial charge is 0.355 e. The first-order valence-electron chi connectivity index (χ1n) is 20.6. The van der Waals surface area contributed by atoms with Gasteiger partial charge < -0.3 is 25.4 Å². The molecular formula is C49H46N4O7S. The lowest BCUT2D eigenvalue weighted by Crippen LogP contribution is -2.71. The van der Waals surface area contributed by atoms with Gasteiger partial charge in [0, 0.05) is 6.04 Å². The van der Waals surface area contributed by atoms with Gasteiger partial charge in [-0.2, -0.15) is 0 Å².